The van der Waals surface area contributed by atoms with Gasteiger partial charge in [-0.2, -0.15) is 5.26 Å². The largest absolute Gasteiger partial charge is 0.454 e. The Bertz CT molecular complexity index is 1170. The van der Waals surface area contributed by atoms with Crippen LogP contribution in [0.15, 0.2) is 36.9 Å². The Morgan fingerprint density at radius 1 is 1.25 bits per heavy atom. The van der Waals surface area contributed by atoms with E-state index in [1.54, 1.807) is 12.3 Å². The number of halogens is 1. The fourth-order valence-electron chi connectivity index (χ4n) is 4.40. The predicted octanol–water partition coefficient (Wildman–Crippen LogP) is -0.00802. The van der Waals surface area contributed by atoms with Gasteiger partial charge in [-0.15, -0.1) is 0 Å². The van der Waals surface area contributed by atoms with Crippen molar-refractivity contribution in [2.75, 3.05) is 6.54 Å². The molecule has 0 radical (unpaired) electrons. The van der Waals surface area contributed by atoms with Crippen molar-refractivity contribution in [1.29, 1.82) is 5.26 Å². The molecule has 1 saturated heterocycles. The molecule has 2 heterocycles. The molecular weight excluding hydrogens is 470 g/mol. The third kappa shape index (κ3) is 5.72. The highest BCUT2D eigenvalue weighted by Gasteiger charge is 2.44. The molecule has 1 saturated carbocycles. The summed E-state index contributed by atoms with van der Waals surface area (Å²) in [4.78, 5) is 44.4. The number of hydrogen-bond acceptors (Lipinski definition) is 7. The van der Waals surface area contributed by atoms with Crippen molar-refractivity contribution >= 4 is 24.8 Å². The Hall–Kier alpha value is -3.76. The van der Waals surface area contributed by atoms with Gasteiger partial charge in [0.15, 0.2) is 0 Å². The van der Waals surface area contributed by atoms with E-state index >= 15 is 0 Å². The molecule has 1 aliphatic heterocycles. The van der Waals surface area contributed by atoms with Crippen LogP contribution < -0.4 is 10.6 Å². The smallest absolute Gasteiger partial charge is 0.427 e. The minimum Gasteiger partial charge on any atom is -0.427 e. The maximum absolute atomic E-state index is 14.6. The molecule has 1 aliphatic carbocycles. The number of nitriles is 1. The number of amides is 3. The third-order valence-corrected chi connectivity index (χ3v) is 6.40. The summed E-state index contributed by atoms with van der Waals surface area (Å²) in [5.74, 6) is -2.28. The summed E-state index contributed by atoms with van der Waals surface area (Å²) >= 11 is 0. The van der Waals surface area contributed by atoms with Crippen LogP contribution in [-0.2, 0) is 9.59 Å². The molecule has 36 heavy (non-hydrogen) atoms. The number of aromatic nitrogens is 2. The van der Waals surface area contributed by atoms with E-state index in [4.69, 9.17) is 15.3 Å². The second-order valence-corrected chi connectivity index (χ2v) is 9.02. The molecule has 2 aliphatic rings. The fraction of sp³-hybridized carbons (Fsp3) is 0.435. The van der Waals surface area contributed by atoms with Crippen molar-refractivity contribution in [2.24, 2.45) is 5.92 Å². The van der Waals surface area contributed by atoms with E-state index in [2.05, 4.69) is 15.6 Å². The molecule has 3 amide bonds. The zero-order valence-corrected chi connectivity index (χ0v) is 19.4. The molecular formula is C23H26BFN6O5. The number of benzene rings is 1. The molecule has 3 atom stereocenters. The minimum atomic E-state index is -1.76. The highest BCUT2D eigenvalue weighted by atomic mass is 19.1. The maximum Gasteiger partial charge on any atom is 0.454 e. The van der Waals surface area contributed by atoms with Gasteiger partial charge in [-0.25, -0.2) is 9.37 Å². The van der Waals surface area contributed by atoms with Crippen molar-refractivity contribution in [3.63, 3.8) is 0 Å². The first-order valence-electron chi connectivity index (χ1n) is 11.7. The molecule has 2 aromatic rings. The molecule has 13 heteroatoms. The van der Waals surface area contributed by atoms with Crippen LogP contribution in [0.4, 0.5) is 4.39 Å². The van der Waals surface area contributed by atoms with Crippen LogP contribution in [0.3, 0.4) is 0 Å². The zero-order chi connectivity index (χ0) is 25.8. The van der Waals surface area contributed by atoms with Crippen LogP contribution >= 0.6 is 0 Å². The highest BCUT2D eigenvalue weighted by molar-refractivity contribution is 6.41. The normalized spacial score (nSPS) is 18.7. The summed E-state index contributed by atoms with van der Waals surface area (Å²) in [5.41, 5.74) is 0.291. The van der Waals surface area contributed by atoms with Gasteiger partial charge < -0.3 is 30.1 Å². The van der Waals surface area contributed by atoms with Gasteiger partial charge in [-0.3, -0.25) is 14.4 Å². The van der Waals surface area contributed by atoms with E-state index in [-0.39, 0.29) is 23.5 Å². The Kier molecular flexibility index (Phi) is 7.66. The van der Waals surface area contributed by atoms with Crippen molar-refractivity contribution in [2.45, 2.75) is 50.1 Å². The van der Waals surface area contributed by atoms with Gasteiger partial charge in [-0.05, 0) is 49.8 Å². The number of hydrogen-bond donors (Lipinski definition) is 4. The topological polar surface area (TPSA) is 161 Å². The average Bonchev–Trinajstić information content (AvgIpc) is 3.32. The predicted molar refractivity (Wildman–Crippen MR) is 125 cm³/mol. The molecule has 188 valence electrons. The molecule has 11 nitrogen and oxygen atoms in total. The van der Waals surface area contributed by atoms with E-state index in [1.165, 1.54) is 34.1 Å². The molecule has 1 aromatic heterocycles. The lowest BCUT2D eigenvalue weighted by molar-refractivity contribution is -0.140. The summed E-state index contributed by atoms with van der Waals surface area (Å²) in [6.45, 7) is 0.310. The first-order chi connectivity index (χ1) is 17.3. The standard InChI is InChI=1S/C23H26BFN6O5/c25-17-10-15(5-6-18(17)30-9-7-27-13-30)21(32)29-20(14-3-4-14)23(34)31-8-1-2-19(31)22(33)28-16(12-26)11-24(35)36/h5-7,9-10,13-14,16,19-20,35-36H,1-4,8,11H2,(H,28,33)(H,29,32). The average molecular weight is 496 g/mol. The van der Waals surface area contributed by atoms with Gasteiger partial charge in [0.25, 0.3) is 5.91 Å². The molecule has 0 bridgehead atoms. The van der Waals surface area contributed by atoms with Crippen LogP contribution in [0.1, 0.15) is 36.0 Å². The number of imidazole rings is 1. The number of nitrogens with one attached hydrogen (secondary N) is 2. The van der Waals surface area contributed by atoms with Crippen LogP contribution in [-0.4, -0.2) is 74.0 Å². The van der Waals surface area contributed by atoms with Gasteiger partial charge in [0.1, 0.15) is 23.9 Å². The minimum absolute atomic E-state index is 0.0601. The van der Waals surface area contributed by atoms with E-state index < -0.39 is 48.8 Å². The first kappa shape index (κ1) is 25.3. The lowest BCUT2D eigenvalue weighted by atomic mass is 9.82. The monoisotopic (exact) mass is 496 g/mol. The van der Waals surface area contributed by atoms with Gasteiger partial charge >= 0.3 is 7.12 Å². The number of nitrogens with zero attached hydrogens (tertiary/aromatic N) is 4. The fourth-order valence-corrected chi connectivity index (χ4v) is 4.40. The Morgan fingerprint density at radius 3 is 2.64 bits per heavy atom. The lowest BCUT2D eigenvalue weighted by Crippen LogP contribution is -2.55. The molecule has 2 fully saturated rings. The Labute approximate surface area is 207 Å². The van der Waals surface area contributed by atoms with E-state index in [0.717, 1.165) is 18.9 Å². The maximum atomic E-state index is 14.6. The number of carbonyl (C=O) groups is 3. The van der Waals surface area contributed by atoms with Crippen molar-refractivity contribution < 1.29 is 28.8 Å². The summed E-state index contributed by atoms with van der Waals surface area (Å²) < 4.78 is 16.1. The van der Waals surface area contributed by atoms with Gasteiger partial charge in [0.2, 0.25) is 11.8 Å². The highest BCUT2D eigenvalue weighted by Crippen LogP contribution is 2.35. The zero-order valence-electron chi connectivity index (χ0n) is 19.4. The van der Waals surface area contributed by atoms with Crippen LogP contribution in [0.5, 0.6) is 0 Å². The van der Waals surface area contributed by atoms with Crippen molar-refractivity contribution in [3.8, 4) is 11.8 Å². The van der Waals surface area contributed by atoms with Crippen LogP contribution in [0, 0.1) is 23.1 Å². The van der Waals surface area contributed by atoms with Crippen LogP contribution in [0.2, 0.25) is 6.32 Å². The number of likely N-dealkylation sites (tertiary alicyclic amines) is 1. The Morgan fingerprint density at radius 2 is 2.03 bits per heavy atom. The van der Waals surface area contributed by atoms with E-state index in [1.807, 2.05) is 0 Å². The van der Waals surface area contributed by atoms with Gasteiger partial charge in [0, 0.05) is 30.8 Å². The lowest BCUT2D eigenvalue weighted by Gasteiger charge is -2.29. The molecule has 4 rings (SSSR count). The van der Waals surface area contributed by atoms with Crippen molar-refractivity contribution in [3.05, 3.63) is 48.3 Å². The quantitative estimate of drug-likeness (QED) is 0.355. The molecule has 4 N–H and O–H groups in total. The second kappa shape index (κ2) is 10.9. The van der Waals surface area contributed by atoms with Gasteiger partial charge in [0.05, 0.1) is 18.1 Å². The van der Waals surface area contributed by atoms with E-state index in [9.17, 15) is 18.8 Å². The van der Waals surface area contributed by atoms with Crippen molar-refractivity contribution in [1.82, 2.24) is 25.1 Å². The third-order valence-electron chi connectivity index (χ3n) is 6.40. The summed E-state index contributed by atoms with van der Waals surface area (Å²) in [6, 6.07) is 2.99. The SMILES string of the molecule is N#CC(CB(O)O)NC(=O)C1CCCN1C(=O)C(NC(=O)c1ccc(-n2ccnc2)c(F)c1)C1CC1. The van der Waals surface area contributed by atoms with E-state index in [0.29, 0.717) is 19.4 Å². The summed E-state index contributed by atoms with van der Waals surface area (Å²) in [7, 11) is -1.76. The molecule has 1 aromatic carbocycles. The summed E-state index contributed by atoms with van der Waals surface area (Å²) in [6.07, 6.45) is 6.58. The van der Waals surface area contributed by atoms with Gasteiger partial charge in [-0.1, -0.05) is 0 Å². The number of rotatable bonds is 9. The first-order valence-corrected chi connectivity index (χ1v) is 11.7. The number of carbonyl (C=O) groups excluding carboxylic acids is 3. The molecule has 3 unspecified atom stereocenters. The van der Waals surface area contributed by atoms with Crippen LogP contribution in [0.25, 0.3) is 5.69 Å². The summed E-state index contributed by atoms with van der Waals surface area (Å²) in [5, 5.41) is 32.5. The Balaban J connectivity index is 1.44. The second-order valence-electron chi connectivity index (χ2n) is 9.02. The molecule has 0 spiro atoms.